The average molecular weight is 418 g/mol. The van der Waals surface area contributed by atoms with Crippen LogP contribution in [0.25, 0.3) is 0 Å². The normalized spacial score (nSPS) is 11.5. The van der Waals surface area contributed by atoms with Crippen molar-refractivity contribution < 1.29 is 27.0 Å². The molecule has 0 aromatic heterocycles. The van der Waals surface area contributed by atoms with Crippen molar-refractivity contribution in [1.82, 2.24) is 0 Å². The van der Waals surface area contributed by atoms with Gasteiger partial charge in [0.25, 0.3) is 0 Å². The molecule has 3 aromatic carbocycles. The smallest absolute Gasteiger partial charge is 0.416 e. The first kappa shape index (κ1) is 21.2. The largest absolute Gasteiger partial charge is 0.493 e. The Morgan fingerprint density at radius 2 is 1.63 bits per heavy atom. The Bertz CT molecular complexity index is 1000. The van der Waals surface area contributed by atoms with Crippen molar-refractivity contribution in [2.24, 2.45) is 5.10 Å². The predicted molar refractivity (Wildman–Crippen MR) is 106 cm³/mol. The Morgan fingerprint density at radius 3 is 2.27 bits per heavy atom. The van der Waals surface area contributed by atoms with Gasteiger partial charge in [0.1, 0.15) is 12.4 Å². The lowest BCUT2D eigenvalue weighted by Gasteiger charge is -2.11. The fourth-order valence-electron chi connectivity index (χ4n) is 2.54. The van der Waals surface area contributed by atoms with E-state index in [1.807, 2.05) is 0 Å². The number of methoxy groups -OCH3 is 1. The molecule has 1 N–H and O–H groups in total. The lowest BCUT2D eigenvalue weighted by molar-refractivity contribution is -0.137. The molecule has 8 heteroatoms. The maximum absolute atomic E-state index is 13.0. The minimum Gasteiger partial charge on any atom is -0.493 e. The zero-order chi connectivity index (χ0) is 21.6. The van der Waals surface area contributed by atoms with Gasteiger partial charge in [-0.05, 0) is 65.7 Å². The van der Waals surface area contributed by atoms with Crippen LogP contribution in [0, 0.1) is 5.82 Å². The molecule has 30 heavy (non-hydrogen) atoms. The van der Waals surface area contributed by atoms with Crippen LogP contribution < -0.4 is 14.9 Å². The topological polar surface area (TPSA) is 42.8 Å². The van der Waals surface area contributed by atoms with Crippen molar-refractivity contribution in [2.75, 3.05) is 12.5 Å². The molecule has 0 atom stereocenters. The molecule has 3 aromatic rings. The van der Waals surface area contributed by atoms with Gasteiger partial charge in [0.05, 0.1) is 24.6 Å². The number of halogens is 4. The number of rotatable bonds is 7. The fourth-order valence-corrected chi connectivity index (χ4v) is 2.54. The number of nitrogens with zero attached hydrogens (tertiary/aromatic N) is 1. The first-order chi connectivity index (χ1) is 14.3. The van der Waals surface area contributed by atoms with Gasteiger partial charge in [0, 0.05) is 0 Å². The van der Waals surface area contributed by atoms with Gasteiger partial charge in [0.2, 0.25) is 0 Å². The summed E-state index contributed by atoms with van der Waals surface area (Å²) >= 11 is 0. The lowest BCUT2D eigenvalue weighted by Crippen LogP contribution is -2.04. The number of nitrogens with one attached hydrogen (secondary N) is 1. The van der Waals surface area contributed by atoms with E-state index < -0.39 is 11.7 Å². The quantitative estimate of drug-likeness (QED) is 0.296. The zero-order valence-electron chi connectivity index (χ0n) is 15.9. The summed E-state index contributed by atoms with van der Waals surface area (Å²) in [6, 6.07) is 15.7. The van der Waals surface area contributed by atoms with Crippen molar-refractivity contribution in [1.29, 1.82) is 0 Å². The van der Waals surface area contributed by atoms with E-state index in [1.54, 1.807) is 30.3 Å². The number of ether oxygens (including phenoxy) is 2. The third kappa shape index (κ3) is 5.73. The first-order valence-corrected chi connectivity index (χ1v) is 8.87. The molecule has 0 spiro atoms. The molecule has 0 unspecified atom stereocenters. The third-order valence-electron chi connectivity index (χ3n) is 4.11. The Morgan fingerprint density at radius 1 is 0.933 bits per heavy atom. The van der Waals surface area contributed by atoms with Crippen LogP contribution >= 0.6 is 0 Å². The van der Waals surface area contributed by atoms with E-state index in [9.17, 15) is 17.6 Å². The van der Waals surface area contributed by atoms with Crippen LogP contribution in [0.3, 0.4) is 0 Å². The first-order valence-electron chi connectivity index (χ1n) is 8.87. The molecular formula is C22H18F4N2O2. The van der Waals surface area contributed by atoms with Crippen LogP contribution in [-0.2, 0) is 12.8 Å². The molecule has 0 heterocycles. The summed E-state index contributed by atoms with van der Waals surface area (Å²) in [7, 11) is 1.50. The van der Waals surface area contributed by atoms with E-state index in [4.69, 9.17) is 9.47 Å². The molecule has 3 rings (SSSR count). The standard InChI is InChI=1S/C22H18F4N2O2/c1-29-21-12-16(4-11-20(21)30-14-15-2-7-18(23)8-3-15)13-27-28-19-9-5-17(6-10-19)22(24,25)26/h2-13,28H,14H2,1H3/b27-13+. The van der Waals surface area contributed by atoms with Crippen LogP contribution in [0.2, 0.25) is 0 Å². The van der Waals surface area contributed by atoms with E-state index >= 15 is 0 Å². The molecule has 0 saturated carbocycles. The molecule has 0 aliphatic heterocycles. The molecule has 0 amide bonds. The van der Waals surface area contributed by atoms with Crippen LogP contribution in [0.15, 0.2) is 71.8 Å². The Hall–Kier alpha value is -3.55. The summed E-state index contributed by atoms with van der Waals surface area (Å²) in [6.07, 6.45) is -2.87. The summed E-state index contributed by atoms with van der Waals surface area (Å²) in [4.78, 5) is 0. The van der Waals surface area contributed by atoms with Gasteiger partial charge in [-0.15, -0.1) is 0 Å². The highest BCUT2D eigenvalue weighted by atomic mass is 19.4. The maximum atomic E-state index is 13.0. The molecule has 0 radical (unpaired) electrons. The van der Waals surface area contributed by atoms with Crippen molar-refractivity contribution >= 4 is 11.9 Å². The number of hydrazone groups is 1. The second-order valence-corrected chi connectivity index (χ2v) is 6.27. The maximum Gasteiger partial charge on any atom is 0.416 e. The summed E-state index contributed by atoms with van der Waals surface area (Å²) < 4.78 is 61.7. The highest BCUT2D eigenvalue weighted by Crippen LogP contribution is 2.30. The molecule has 4 nitrogen and oxygen atoms in total. The SMILES string of the molecule is COc1cc(/C=N/Nc2ccc(C(F)(F)F)cc2)ccc1OCc1ccc(F)cc1. The van der Waals surface area contributed by atoms with Crippen LogP contribution in [0.4, 0.5) is 23.2 Å². The lowest BCUT2D eigenvalue weighted by atomic mass is 10.2. The summed E-state index contributed by atoms with van der Waals surface area (Å²) in [5.41, 5.74) is 3.88. The second-order valence-electron chi connectivity index (χ2n) is 6.27. The van der Waals surface area contributed by atoms with E-state index in [2.05, 4.69) is 10.5 Å². The van der Waals surface area contributed by atoms with Gasteiger partial charge < -0.3 is 9.47 Å². The monoisotopic (exact) mass is 418 g/mol. The Balaban J connectivity index is 1.61. The van der Waals surface area contributed by atoms with Crippen LogP contribution in [0.5, 0.6) is 11.5 Å². The van der Waals surface area contributed by atoms with Crippen molar-refractivity contribution in [3.05, 3.63) is 89.2 Å². The number of hydrogen-bond acceptors (Lipinski definition) is 4. The number of hydrogen-bond donors (Lipinski definition) is 1. The molecule has 0 fully saturated rings. The Kier molecular flexibility index (Phi) is 6.56. The van der Waals surface area contributed by atoms with Gasteiger partial charge in [-0.2, -0.15) is 18.3 Å². The predicted octanol–water partition coefficient (Wildman–Crippen LogP) is 5.88. The molecule has 0 aliphatic carbocycles. The highest BCUT2D eigenvalue weighted by Gasteiger charge is 2.29. The number of alkyl halides is 3. The molecular weight excluding hydrogens is 400 g/mol. The van der Waals surface area contributed by atoms with Gasteiger partial charge in [-0.3, -0.25) is 5.43 Å². The molecule has 0 bridgehead atoms. The second kappa shape index (κ2) is 9.30. The Labute approximate surface area is 170 Å². The van der Waals surface area contributed by atoms with E-state index in [0.717, 1.165) is 17.7 Å². The molecule has 156 valence electrons. The fraction of sp³-hybridized carbons (Fsp3) is 0.136. The van der Waals surface area contributed by atoms with Gasteiger partial charge in [0.15, 0.2) is 11.5 Å². The van der Waals surface area contributed by atoms with E-state index in [-0.39, 0.29) is 12.4 Å². The molecule has 0 aliphatic rings. The van der Waals surface area contributed by atoms with Crippen LogP contribution in [0.1, 0.15) is 16.7 Å². The van der Waals surface area contributed by atoms with Crippen molar-refractivity contribution in [3.63, 3.8) is 0 Å². The zero-order valence-corrected chi connectivity index (χ0v) is 15.9. The van der Waals surface area contributed by atoms with Gasteiger partial charge in [-0.1, -0.05) is 12.1 Å². The summed E-state index contributed by atoms with van der Waals surface area (Å²) in [5, 5.41) is 4.02. The van der Waals surface area contributed by atoms with Crippen molar-refractivity contribution in [2.45, 2.75) is 12.8 Å². The van der Waals surface area contributed by atoms with Gasteiger partial charge in [-0.25, -0.2) is 4.39 Å². The summed E-state index contributed by atoms with van der Waals surface area (Å²) in [6.45, 7) is 0.250. The van der Waals surface area contributed by atoms with E-state index in [1.165, 1.54) is 37.6 Å². The van der Waals surface area contributed by atoms with E-state index in [0.29, 0.717) is 22.7 Å². The number of benzene rings is 3. The summed E-state index contributed by atoms with van der Waals surface area (Å²) in [5.74, 6) is 0.676. The molecule has 0 saturated heterocycles. The van der Waals surface area contributed by atoms with Gasteiger partial charge >= 0.3 is 6.18 Å². The highest BCUT2D eigenvalue weighted by molar-refractivity contribution is 5.81. The minimum absolute atomic E-state index is 0.250. The number of anilines is 1. The average Bonchev–Trinajstić information content (AvgIpc) is 2.73. The minimum atomic E-state index is -4.38. The van der Waals surface area contributed by atoms with Crippen molar-refractivity contribution in [3.8, 4) is 11.5 Å². The van der Waals surface area contributed by atoms with Crippen LogP contribution in [-0.4, -0.2) is 13.3 Å². The third-order valence-corrected chi connectivity index (χ3v) is 4.11.